The SMILES string of the molecule is CC(C)C(CC(=O)O)NC(=O)c1c[nH]c(=O)[nH]c1=O. The molecule has 0 radical (unpaired) electrons. The van der Waals surface area contributed by atoms with Crippen molar-refractivity contribution in [1.29, 1.82) is 0 Å². The van der Waals surface area contributed by atoms with E-state index >= 15 is 0 Å². The Kier molecular flexibility index (Phi) is 4.62. The smallest absolute Gasteiger partial charge is 0.325 e. The number of carboxylic acid groups (broad SMARTS) is 1. The van der Waals surface area contributed by atoms with Crippen LogP contribution in [0.4, 0.5) is 0 Å². The fourth-order valence-corrected chi connectivity index (χ4v) is 1.47. The third-order valence-corrected chi connectivity index (χ3v) is 2.58. The van der Waals surface area contributed by atoms with Crippen LogP contribution in [0.5, 0.6) is 0 Å². The Morgan fingerprint density at radius 1 is 1.37 bits per heavy atom. The van der Waals surface area contributed by atoms with Crippen molar-refractivity contribution >= 4 is 11.9 Å². The van der Waals surface area contributed by atoms with Gasteiger partial charge in [-0.3, -0.25) is 19.4 Å². The average Bonchev–Trinajstić information content (AvgIpc) is 2.26. The summed E-state index contributed by atoms with van der Waals surface area (Å²) in [6.45, 7) is 3.51. The van der Waals surface area contributed by atoms with Crippen LogP contribution in [0.3, 0.4) is 0 Å². The molecular weight excluding hydrogens is 254 g/mol. The number of amides is 1. The van der Waals surface area contributed by atoms with E-state index in [-0.39, 0.29) is 17.9 Å². The summed E-state index contributed by atoms with van der Waals surface area (Å²) in [6, 6.07) is -0.601. The lowest BCUT2D eigenvalue weighted by Crippen LogP contribution is -2.42. The maximum Gasteiger partial charge on any atom is 0.325 e. The maximum absolute atomic E-state index is 11.8. The summed E-state index contributed by atoms with van der Waals surface area (Å²) in [6.07, 6.45) is 0.749. The zero-order chi connectivity index (χ0) is 14.6. The Morgan fingerprint density at radius 2 is 2.00 bits per heavy atom. The number of aliphatic carboxylic acids is 1. The van der Waals surface area contributed by atoms with Gasteiger partial charge in [0.15, 0.2) is 0 Å². The molecule has 1 atom stereocenters. The summed E-state index contributed by atoms with van der Waals surface area (Å²) in [5, 5.41) is 11.2. The molecule has 0 spiro atoms. The lowest BCUT2D eigenvalue weighted by atomic mass is 10.0. The molecule has 19 heavy (non-hydrogen) atoms. The molecule has 0 bridgehead atoms. The highest BCUT2D eigenvalue weighted by atomic mass is 16.4. The van der Waals surface area contributed by atoms with E-state index in [1.165, 1.54) is 0 Å². The highest BCUT2D eigenvalue weighted by Gasteiger charge is 2.21. The number of hydrogen-bond acceptors (Lipinski definition) is 4. The Balaban J connectivity index is 2.90. The summed E-state index contributed by atoms with van der Waals surface area (Å²) in [7, 11) is 0. The molecule has 1 rings (SSSR count). The molecular formula is C11H15N3O5. The Morgan fingerprint density at radius 3 is 2.47 bits per heavy atom. The largest absolute Gasteiger partial charge is 0.481 e. The standard InChI is InChI=1S/C11H15N3O5/c1-5(2)7(3-8(15)16)13-9(17)6-4-12-11(19)14-10(6)18/h4-5,7H,3H2,1-2H3,(H,13,17)(H,15,16)(H2,12,14,18,19). The van der Waals surface area contributed by atoms with Gasteiger partial charge in [-0.15, -0.1) is 0 Å². The number of carbonyl (C=O) groups is 2. The Labute approximate surface area is 107 Å². The van der Waals surface area contributed by atoms with Crippen LogP contribution < -0.4 is 16.6 Å². The van der Waals surface area contributed by atoms with E-state index in [0.29, 0.717) is 0 Å². The number of aromatic nitrogens is 2. The monoisotopic (exact) mass is 269 g/mol. The topological polar surface area (TPSA) is 132 Å². The van der Waals surface area contributed by atoms with Gasteiger partial charge in [-0.05, 0) is 5.92 Å². The maximum atomic E-state index is 11.8. The number of hydrogen-bond donors (Lipinski definition) is 4. The molecule has 1 amide bonds. The third-order valence-electron chi connectivity index (χ3n) is 2.58. The van der Waals surface area contributed by atoms with Gasteiger partial charge in [0.2, 0.25) is 0 Å². The predicted molar refractivity (Wildman–Crippen MR) is 66.0 cm³/mol. The van der Waals surface area contributed by atoms with Crippen molar-refractivity contribution in [1.82, 2.24) is 15.3 Å². The minimum atomic E-state index is -1.05. The summed E-state index contributed by atoms with van der Waals surface area (Å²) < 4.78 is 0. The van der Waals surface area contributed by atoms with Gasteiger partial charge in [0.1, 0.15) is 5.56 Å². The first kappa shape index (κ1) is 14.7. The van der Waals surface area contributed by atoms with Crippen LogP contribution in [0.1, 0.15) is 30.6 Å². The summed E-state index contributed by atoms with van der Waals surface area (Å²) in [5.74, 6) is -1.88. The van der Waals surface area contributed by atoms with E-state index in [2.05, 4.69) is 10.3 Å². The van der Waals surface area contributed by atoms with Crippen LogP contribution in [0.2, 0.25) is 0 Å². The predicted octanol–water partition coefficient (Wildman–Crippen LogP) is -0.708. The van der Waals surface area contributed by atoms with Crippen LogP contribution >= 0.6 is 0 Å². The molecule has 104 valence electrons. The molecule has 1 unspecified atom stereocenters. The quantitative estimate of drug-likeness (QED) is 0.560. The second-order valence-electron chi connectivity index (χ2n) is 4.41. The average molecular weight is 269 g/mol. The number of carboxylic acids is 1. The third kappa shape index (κ3) is 4.09. The first-order valence-corrected chi connectivity index (χ1v) is 5.66. The minimum absolute atomic E-state index is 0.109. The van der Waals surface area contributed by atoms with E-state index < -0.39 is 29.2 Å². The Hall–Kier alpha value is -2.38. The molecule has 0 aliphatic rings. The second-order valence-corrected chi connectivity index (χ2v) is 4.41. The van der Waals surface area contributed by atoms with Gasteiger partial charge < -0.3 is 15.4 Å². The number of aromatic amines is 2. The number of H-pyrrole nitrogens is 2. The molecule has 0 aliphatic carbocycles. The van der Waals surface area contributed by atoms with Crippen molar-refractivity contribution in [3.63, 3.8) is 0 Å². The van der Waals surface area contributed by atoms with E-state index in [0.717, 1.165) is 6.20 Å². The minimum Gasteiger partial charge on any atom is -0.481 e. The molecule has 1 aromatic rings. The normalized spacial score (nSPS) is 12.2. The summed E-state index contributed by atoms with van der Waals surface area (Å²) in [4.78, 5) is 48.8. The van der Waals surface area contributed by atoms with Crippen LogP contribution in [0.15, 0.2) is 15.8 Å². The Bertz CT molecular complexity index is 586. The fraction of sp³-hybridized carbons (Fsp3) is 0.455. The lowest BCUT2D eigenvalue weighted by Gasteiger charge is -2.20. The van der Waals surface area contributed by atoms with Crippen molar-refractivity contribution in [3.05, 3.63) is 32.6 Å². The number of rotatable bonds is 5. The van der Waals surface area contributed by atoms with Gasteiger partial charge in [0.05, 0.1) is 6.42 Å². The first-order valence-electron chi connectivity index (χ1n) is 5.66. The first-order chi connectivity index (χ1) is 8.81. The van der Waals surface area contributed by atoms with Crippen molar-refractivity contribution in [2.24, 2.45) is 5.92 Å². The molecule has 8 heteroatoms. The highest BCUT2D eigenvalue weighted by Crippen LogP contribution is 2.06. The molecule has 4 N–H and O–H groups in total. The highest BCUT2D eigenvalue weighted by molar-refractivity contribution is 5.93. The molecule has 1 heterocycles. The van der Waals surface area contributed by atoms with Gasteiger partial charge in [-0.2, -0.15) is 0 Å². The lowest BCUT2D eigenvalue weighted by molar-refractivity contribution is -0.137. The van der Waals surface area contributed by atoms with Gasteiger partial charge in [0, 0.05) is 12.2 Å². The van der Waals surface area contributed by atoms with Gasteiger partial charge in [0.25, 0.3) is 11.5 Å². The molecule has 8 nitrogen and oxygen atoms in total. The van der Waals surface area contributed by atoms with Crippen molar-refractivity contribution in [3.8, 4) is 0 Å². The number of carbonyl (C=O) groups excluding carboxylic acids is 1. The van der Waals surface area contributed by atoms with Crippen LogP contribution in [0.25, 0.3) is 0 Å². The molecule has 0 fully saturated rings. The second kappa shape index (κ2) is 5.98. The van der Waals surface area contributed by atoms with E-state index in [9.17, 15) is 19.2 Å². The molecule has 0 saturated heterocycles. The fourth-order valence-electron chi connectivity index (χ4n) is 1.47. The van der Waals surface area contributed by atoms with E-state index in [1.54, 1.807) is 13.8 Å². The van der Waals surface area contributed by atoms with Crippen LogP contribution in [-0.2, 0) is 4.79 Å². The summed E-state index contributed by atoms with van der Waals surface area (Å²) >= 11 is 0. The van der Waals surface area contributed by atoms with Gasteiger partial charge in [-0.1, -0.05) is 13.8 Å². The molecule has 1 aromatic heterocycles. The summed E-state index contributed by atoms with van der Waals surface area (Å²) in [5.41, 5.74) is -1.80. The van der Waals surface area contributed by atoms with Crippen molar-refractivity contribution in [2.45, 2.75) is 26.3 Å². The van der Waals surface area contributed by atoms with E-state index in [4.69, 9.17) is 5.11 Å². The molecule has 0 aliphatic heterocycles. The van der Waals surface area contributed by atoms with Crippen molar-refractivity contribution in [2.75, 3.05) is 0 Å². The van der Waals surface area contributed by atoms with Gasteiger partial charge >= 0.3 is 11.7 Å². The zero-order valence-electron chi connectivity index (χ0n) is 10.5. The number of nitrogens with one attached hydrogen (secondary N) is 3. The molecule has 0 aromatic carbocycles. The molecule has 0 saturated carbocycles. The zero-order valence-corrected chi connectivity index (χ0v) is 10.5. The van der Waals surface area contributed by atoms with Crippen LogP contribution in [-0.4, -0.2) is 33.0 Å². The van der Waals surface area contributed by atoms with Gasteiger partial charge in [-0.25, -0.2) is 4.79 Å². The van der Waals surface area contributed by atoms with Crippen molar-refractivity contribution < 1.29 is 14.7 Å². The van der Waals surface area contributed by atoms with E-state index in [1.807, 2.05) is 4.98 Å². The van der Waals surface area contributed by atoms with Crippen LogP contribution in [0, 0.1) is 5.92 Å².